The zero-order valence-electron chi connectivity index (χ0n) is 10.9. The Kier molecular flexibility index (Phi) is 4.96. The molecule has 0 bridgehead atoms. The largest absolute Gasteiger partial charge is 0.322 e. The van der Waals surface area contributed by atoms with Crippen molar-refractivity contribution < 1.29 is 13.2 Å². The molecule has 0 atom stereocenters. The van der Waals surface area contributed by atoms with Crippen LogP contribution in [-0.2, 0) is 15.8 Å². The predicted molar refractivity (Wildman–Crippen MR) is 90.4 cm³/mol. The van der Waals surface area contributed by atoms with Gasteiger partial charge in [-0.15, -0.1) is 0 Å². The first-order chi connectivity index (χ1) is 9.83. The number of hydrogen-bond donors (Lipinski definition) is 2. The van der Waals surface area contributed by atoms with Gasteiger partial charge >= 0.3 is 0 Å². The fraction of sp³-hybridized carbons (Fsp3) is 0.0714. The lowest BCUT2D eigenvalue weighted by Crippen LogP contribution is -2.15. The molecule has 5 nitrogen and oxygen atoms in total. The lowest BCUT2D eigenvalue weighted by Gasteiger charge is -2.06. The van der Waals surface area contributed by atoms with Gasteiger partial charge in [-0.05, 0) is 64.6 Å². The molecule has 0 aliphatic rings. The van der Waals surface area contributed by atoms with E-state index in [0.717, 1.165) is 3.57 Å². The molecule has 0 heterocycles. The molecule has 2 aromatic carbocycles. The second-order valence-corrected chi connectivity index (χ2v) is 7.33. The van der Waals surface area contributed by atoms with Gasteiger partial charge in [-0.2, -0.15) is 0 Å². The van der Waals surface area contributed by atoms with Crippen molar-refractivity contribution in [2.75, 3.05) is 5.32 Å². The number of carbonyl (C=O) groups is 1. The molecule has 0 aliphatic carbocycles. The van der Waals surface area contributed by atoms with Crippen LogP contribution in [0.1, 0.15) is 15.9 Å². The first-order valence-corrected chi connectivity index (χ1v) is 8.79. The summed E-state index contributed by atoms with van der Waals surface area (Å²) in [5, 5.41) is 7.72. The van der Waals surface area contributed by atoms with Gasteiger partial charge in [-0.3, -0.25) is 4.79 Å². The molecule has 3 N–H and O–H groups in total. The van der Waals surface area contributed by atoms with Crippen molar-refractivity contribution in [3.05, 3.63) is 63.2 Å². The molecule has 0 spiro atoms. The number of rotatable bonds is 4. The molecule has 0 aromatic heterocycles. The van der Waals surface area contributed by atoms with E-state index in [1.54, 1.807) is 36.4 Å². The first-order valence-electron chi connectivity index (χ1n) is 6.00. The maximum absolute atomic E-state index is 12.0. The summed E-state index contributed by atoms with van der Waals surface area (Å²) < 4.78 is 23.0. The van der Waals surface area contributed by atoms with E-state index in [1.807, 2.05) is 12.1 Å². The van der Waals surface area contributed by atoms with Gasteiger partial charge in [0.2, 0.25) is 10.0 Å². The van der Waals surface area contributed by atoms with E-state index in [4.69, 9.17) is 5.14 Å². The summed E-state index contributed by atoms with van der Waals surface area (Å²) >= 11 is 2.17. The number of amides is 1. The Morgan fingerprint density at radius 2 is 1.62 bits per heavy atom. The highest BCUT2D eigenvalue weighted by Crippen LogP contribution is 2.13. The molecule has 21 heavy (non-hydrogen) atoms. The molecule has 1 amide bonds. The highest BCUT2D eigenvalue weighted by atomic mass is 127. The molecule has 0 saturated carbocycles. The van der Waals surface area contributed by atoms with Crippen LogP contribution in [0.15, 0.2) is 48.5 Å². The Bertz CT molecular complexity index is 741. The monoisotopic (exact) mass is 416 g/mol. The zero-order chi connectivity index (χ0) is 15.5. The minimum Gasteiger partial charge on any atom is -0.322 e. The third kappa shape index (κ3) is 5.10. The van der Waals surface area contributed by atoms with E-state index in [-0.39, 0.29) is 11.7 Å². The van der Waals surface area contributed by atoms with Crippen LogP contribution in [0.5, 0.6) is 0 Å². The summed E-state index contributed by atoms with van der Waals surface area (Å²) in [7, 11) is -3.55. The van der Waals surface area contributed by atoms with E-state index < -0.39 is 10.0 Å². The smallest absolute Gasteiger partial charge is 0.255 e. The van der Waals surface area contributed by atoms with Crippen molar-refractivity contribution in [3.8, 4) is 0 Å². The standard InChI is InChI=1S/C14H13IN2O3S/c15-12-5-3-11(4-6-12)14(18)17-13-7-1-10(2-8-13)9-21(16,19)20/h1-8H,9H2,(H,17,18)(H2,16,19,20). The lowest BCUT2D eigenvalue weighted by atomic mass is 10.2. The number of carbonyl (C=O) groups excluding carboxylic acids is 1. The number of primary sulfonamides is 1. The molecule has 0 unspecified atom stereocenters. The van der Waals surface area contributed by atoms with Crippen LogP contribution in [0.3, 0.4) is 0 Å². The van der Waals surface area contributed by atoms with E-state index in [2.05, 4.69) is 27.9 Å². The average molecular weight is 416 g/mol. The Balaban J connectivity index is 2.06. The fourth-order valence-corrected chi connectivity index (χ4v) is 2.74. The maximum atomic E-state index is 12.0. The first kappa shape index (κ1) is 15.9. The predicted octanol–water partition coefficient (Wildman–Crippen LogP) is 2.33. The summed E-state index contributed by atoms with van der Waals surface area (Å²) in [6.45, 7) is 0. The van der Waals surface area contributed by atoms with Crippen LogP contribution >= 0.6 is 22.6 Å². The number of sulfonamides is 1. The van der Waals surface area contributed by atoms with Crippen LogP contribution < -0.4 is 10.5 Å². The number of halogens is 1. The summed E-state index contributed by atoms with van der Waals surface area (Å²) in [6, 6.07) is 13.7. The molecule has 7 heteroatoms. The van der Waals surface area contributed by atoms with Gasteiger partial charge in [0.1, 0.15) is 0 Å². The molecule has 2 rings (SSSR count). The van der Waals surface area contributed by atoms with E-state index in [0.29, 0.717) is 16.8 Å². The number of nitrogens with one attached hydrogen (secondary N) is 1. The molecule has 0 saturated heterocycles. The molecule has 0 radical (unpaired) electrons. The van der Waals surface area contributed by atoms with Crippen molar-refractivity contribution in [3.63, 3.8) is 0 Å². The van der Waals surface area contributed by atoms with Crippen LogP contribution in [0.2, 0.25) is 0 Å². The molecule has 0 aliphatic heterocycles. The Labute approximate surface area is 136 Å². The molecule has 0 fully saturated rings. The van der Waals surface area contributed by atoms with Gasteiger partial charge in [0.15, 0.2) is 0 Å². The van der Waals surface area contributed by atoms with Crippen molar-refractivity contribution in [2.24, 2.45) is 5.14 Å². The van der Waals surface area contributed by atoms with Crippen molar-refractivity contribution in [1.82, 2.24) is 0 Å². The topological polar surface area (TPSA) is 89.3 Å². The normalized spacial score (nSPS) is 11.1. The molecular weight excluding hydrogens is 403 g/mol. The second-order valence-electron chi connectivity index (χ2n) is 4.47. The Morgan fingerprint density at radius 1 is 1.05 bits per heavy atom. The minimum absolute atomic E-state index is 0.217. The van der Waals surface area contributed by atoms with Gasteiger partial charge in [-0.1, -0.05) is 12.1 Å². The molecule has 110 valence electrons. The maximum Gasteiger partial charge on any atom is 0.255 e. The van der Waals surface area contributed by atoms with Crippen LogP contribution in [0, 0.1) is 3.57 Å². The SMILES string of the molecule is NS(=O)(=O)Cc1ccc(NC(=O)c2ccc(I)cc2)cc1. The van der Waals surface area contributed by atoms with Gasteiger partial charge in [0.05, 0.1) is 5.75 Å². The van der Waals surface area contributed by atoms with Crippen molar-refractivity contribution >= 4 is 44.2 Å². The average Bonchev–Trinajstić information content (AvgIpc) is 2.40. The number of benzene rings is 2. The van der Waals surface area contributed by atoms with E-state index in [9.17, 15) is 13.2 Å². The fourth-order valence-electron chi connectivity index (χ4n) is 1.72. The highest BCUT2D eigenvalue weighted by molar-refractivity contribution is 14.1. The molecule has 2 aromatic rings. The Hall–Kier alpha value is -1.45. The second kappa shape index (κ2) is 6.54. The summed E-state index contributed by atoms with van der Waals surface area (Å²) in [5.74, 6) is -0.441. The number of anilines is 1. The molecular formula is C14H13IN2O3S. The summed E-state index contributed by atoms with van der Waals surface area (Å²) in [5.41, 5.74) is 1.73. The zero-order valence-corrected chi connectivity index (χ0v) is 13.9. The van der Waals surface area contributed by atoms with Gasteiger partial charge in [-0.25, -0.2) is 13.6 Å². The van der Waals surface area contributed by atoms with Gasteiger partial charge in [0.25, 0.3) is 5.91 Å². The van der Waals surface area contributed by atoms with E-state index >= 15 is 0 Å². The lowest BCUT2D eigenvalue weighted by molar-refractivity contribution is 0.102. The Morgan fingerprint density at radius 3 is 2.14 bits per heavy atom. The minimum atomic E-state index is -3.55. The van der Waals surface area contributed by atoms with E-state index in [1.165, 1.54) is 0 Å². The van der Waals surface area contributed by atoms with Crippen molar-refractivity contribution in [2.45, 2.75) is 5.75 Å². The number of hydrogen-bond acceptors (Lipinski definition) is 3. The number of nitrogens with two attached hydrogens (primary N) is 1. The van der Waals surface area contributed by atoms with Crippen molar-refractivity contribution in [1.29, 1.82) is 0 Å². The van der Waals surface area contributed by atoms with Crippen LogP contribution in [0.4, 0.5) is 5.69 Å². The quantitative estimate of drug-likeness (QED) is 0.750. The summed E-state index contributed by atoms with van der Waals surface area (Å²) in [6.07, 6.45) is 0. The van der Waals surface area contributed by atoms with Crippen LogP contribution in [0.25, 0.3) is 0 Å². The summed E-state index contributed by atoms with van der Waals surface area (Å²) in [4.78, 5) is 12.0. The van der Waals surface area contributed by atoms with Gasteiger partial charge < -0.3 is 5.32 Å². The van der Waals surface area contributed by atoms with Gasteiger partial charge in [0, 0.05) is 14.8 Å². The third-order valence-corrected chi connectivity index (χ3v) is 4.14. The van der Waals surface area contributed by atoms with Crippen LogP contribution in [-0.4, -0.2) is 14.3 Å². The highest BCUT2D eigenvalue weighted by Gasteiger charge is 2.07. The third-order valence-electron chi connectivity index (χ3n) is 2.69.